The Hall–Kier alpha value is -1.03. The highest BCUT2D eigenvalue weighted by Gasteiger charge is 2.34. The van der Waals surface area contributed by atoms with Crippen molar-refractivity contribution in [2.75, 3.05) is 26.7 Å². The first kappa shape index (κ1) is 23.0. The van der Waals surface area contributed by atoms with Crippen LogP contribution in [0.5, 0.6) is 0 Å². The maximum atomic E-state index is 12.5. The summed E-state index contributed by atoms with van der Waals surface area (Å²) in [5.41, 5.74) is 4.89. The lowest BCUT2D eigenvalue weighted by Gasteiger charge is -2.20. The standard InChI is InChI=1S/C18H27F3N4.HI/c1-12-7-13(2)16(14(3)8-12)9-23-17(22-4)24-15-5-6-25(10-15)11-18(19,20)21;/h7-8,15H,5-6,9-11H2,1-4H3,(H2,22,23,24);1H. The van der Waals surface area contributed by atoms with E-state index < -0.39 is 12.7 Å². The third-order valence-corrected chi connectivity index (χ3v) is 4.51. The predicted molar refractivity (Wildman–Crippen MR) is 110 cm³/mol. The van der Waals surface area contributed by atoms with Crippen LogP contribution in [0.4, 0.5) is 13.2 Å². The van der Waals surface area contributed by atoms with Crippen molar-refractivity contribution in [1.29, 1.82) is 0 Å². The monoisotopic (exact) mass is 484 g/mol. The van der Waals surface area contributed by atoms with E-state index in [2.05, 4.69) is 48.5 Å². The predicted octanol–water partition coefficient (Wildman–Crippen LogP) is 3.53. The molecule has 1 aliphatic rings. The van der Waals surface area contributed by atoms with Gasteiger partial charge in [-0.25, -0.2) is 0 Å². The van der Waals surface area contributed by atoms with E-state index in [9.17, 15) is 13.2 Å². The zero-order valence-electron chi connectivity index (χ0n) is 15.7. The van der Waals surface area contributed by atoms with Gasteiger partial charge < -0.3 is 10.6 Å². The Morgan fingerprint density at radius 1 is 1.23 bits per heavy atom. The number of benzene rings is 1. The topological polar surface area (TPSA) is 39.7 Å². The summed E-state index contributed by atoms with van der Waals surface area (Å²) >= 11 is 0. The van der Waals surface area contributed by atoms with Gasteiger partial charge in [0.2, 0.25) is 0 Å². The largest absolute Gasteiger partial charge is 0.401 e. The summed E-state index contributed by atoms with van der Waals surface area (Å²) in [6.45, 7) is 6.85. The molecule has 8 heteroatoms. The molecule has 0 amide bonds. The molecule has 0 saturated carbocycles. The summed E-state index contributed by atoms with van der Waals surface area (Å²) in [6.07, 6.45) is -3.46. The summed E-state index contributed by atoms with van der Waals surface area (Å²) in [5.74, 6) is 0.623. The van der Waals surface area contributed by atoms with Gasteiger partial charge in [-0.15, -0.1) is 24.0 Å². The molecule has 1 unspecified atom stereocenters. The van der Waals surface area contributed by atoms with Crippen LogP contribution in [-0.2, 0) is 6.54 Å². The molecule has 4 nitrogen and oxygen atoms in total. The van der Waals surface area contributed by atoms with Gasteiger partial charge >= 0.3 is 6.18 Å². The molecule has 0 bridgehead atoms. The van der Waals surface area contributed by atoms with Crippen LogP contribution in [0.2, 0.25) is 0 Å². The molecule has 1 aromatic rings. The molecule has 1 fully saturated rings. The van der Waals surface area contributed by atoms with E-state index in [1.165, 1.54) is 27.2 Å². The van der Waals surface area contributed by atoms with Crippen LogP contribution in [0.1, 0.15) is 28.7 Å². The maximum absolute atomic E-state index is 12.5. The molecule has 1 aromatic carbocycles. The number of halogens is 4. The Morgan fingerprint density at radius 3 is 2.38 bits per heavy atom. The molecule has 2 rings (SSSR count). The molecule has 0 aromatic heterocycles. The van der Waals surface area contributed by atoms with Crippen molar-refractivity contribution in [2.24, 2.45) is 4.99 Å². The Labute approximate surface area is 170 Å². The quantitative estimate of drug-likeness (QED) is 0.391. The Morgan fingerprint density at radius 2 is 1.85 bits per heavy atom. The minimum absolute atomic E-state index is 0. The number of likely N-dealkylation sites (tertiary alicyclic amines) is 1. The summed E-state index contributed by atoms with van der Waals surface area (Å²) < 4.78 is 37.4. The zero-order chi connectivity index (χ0) is 18.6. The molecule has 0 aliphatic carbocycles. The molecule has 1 saturated heterocycles. The number of aliphatic imine (C=N–C) groups is 1. The van der Waals surface area contributed by atoms with E-state index in [0.29, 0.717) is 32.0 Å². The minimum Gasteiger partial charge on any atom is -0.352 e. The third kappa shape index (κ3) is 6.94. The molecular formula is C18H28F3IN4. The van der Waals surface area contributed by atoms with Crippen LogP contribution in [0.3, 0.4) is 0 Å². The number of guanidine groups is 1. The second-order valence-corrected chi connectivity index (χ2v) is 6.78. The van der Waals surface area contributed by atoms with Crippen molar-refractivity contribution in [3.63, 3.8) is 0 Å². The fourth-order valence-electron chi connectivity index (χ4n) is 3.40. The van der Waals surface area contributed by atoms with Gasteiger partial charge in [-0.2, -0.15) is 13.2 Å². The third-order valence-electron chi connectivity index (χ3n) is 4.51. The molecule has 148 valence electrons. The smallest absolute Gasteiger partial charge is 0.352 e. The molecule has 1 atom stereocenters. The van der Waals surface area contributed by atoms with Gasteiger partial charge in [0, 0.05) is 32.7 Å². The number of nitrogens with zero attached hydrogens (tertiary/aromatic N) is 2. The summed E-state index contributed by atoms with van der Waals surface area (Å²) in [6, 6.07) is 4.27. The van der Waals surface area contributed by atoms with Crippen LogP contribution < -0.4 is 10.6 Å². The lowest BCUT2D eigenvalue weighted by Crippen LogP contribution is -2.45. The number of nitrogens with one attached hydrogen (secondary N) is 2. The molecule has 0 radical (unpaired) electrons. The van der Waals surface area contributed by atoms with Gasteiger partial charge in [0.05, 0.1) is 6.54 Å². The van der Waals surface area contributed by atoms with E-state index in [-0.39, 0.29) is 30.0 Å². The van der Waals surface area contributed by atoms with Crippen molar-refractivity contribution in [2.45, 2.75) is 46.0 Å². The Bertz CT molecular complexity index is 608. The average molecular weight is 484 g/mol. The van der Waals surface area contributed by atoms with Crippen LogP contribution in [0, 0.1) is 20.8 Å². The second kappa shape index (κ2) is 9.77. The van der Waals surface area contributed by atoms with E-state index in [0.717, 1.165) is 0 Å². The van der Waals surface area contributed by atoms with Crippen LogP contribution in [0.15, 0.2) is 17.1 Å². The van der Waals surface area contributed by atoms with Crippen molar-refractivity contribution in [3.8, 4) is 0 Å². The summed E-state index contributed by atoms with van der Waals surface area (Å²) in [7, 11) is 1.67. The fraction of sp³-hybridized carbons (Fsp3) is 0.611. The maximum Gasteiger partial charge on any atom is 0.401 e. The first-order valence-electron chi connectivity index (χ1n) is 8.51. The lowest BCUT2D eigenvalue weighted by molar-refractivity contribution is -0.143. The van der Waals surface area contributed by atoms with Crippen molar-refractivity contribution >= 4 is 29.9 Å². The van der Waals surface area contributed by atoms with E-state index in [1.807, 2.05) is 0 Å². The molecule has 1 aliphatic heterocycles. The summed E-state index contributed by atoms with van der Waals surface area (Å²) in [4.78, 5) is 5.63. The van der Waals surface area contributed by atoms with Gasteiger partial charge in [-0.05, 0) is 43.9 Å². The van der Waals surface area contributed by atoms with Gasteiger partial charge in [-0.1, -0.05) is 17.7 Å². The number of hydrogen-bond acceptors (Lipinski definition) is 2. The molecule has 0 spiro atoms. The molecule has 2 N–H and O–H groups in total. The zero-order valence-corrected chi connectivity index (χ0v) is 18.0. The van der Waals surface area contributed by atoms with Crippen molar-refractivity contribution in [1.82, 2.24) is 15.5 Å². The van der Waals surface area contributed by atoms with Crippen molar-refractivity contribution < 1.29 is 13.2 Å². The van der Waals surface area contributed by atoms with Crippen molar-refractivity contribution in [3.05, 3.63) is 34.4 Å². The highest BCUT2D eigenvalue weighted by Crippen LogP contribution is 2.20. The first-order chi connectivity index (χ1) is 11.7. The lowest BCUT2D eigenvalue weighted by atomic mass is 10.00. The average Bonchev–Trinajstić information content (AvgIpc) is 2.89. The van der Waals surface area contributed by atoms with E-state index in [1.54, 1.807) is 7.05 Å². The van der Waals surface area contributed by atoms with Crippen LogP contribution >= 0.6 is 24.0 Å². The first-order valence-corrected chi connectivity index (χ1v) is 8.51. The Balaban J connectivity index is 0.00000338. The number of rotatable bonds is 4. The summed E-state index contributed by atoms with van der Waals surface area (Å²) in [5, 5.41) is 6.51. The van der Waals surface area contributed by atoms with Crippen LogP contribution in [-0.4, -0.2) is 49.8 Å². The molecule has 1 heterocycles. The number of alkyl halides is 3. The van der Waals surface area contributed by atoms with E-state index >= 15 is 0 Å². The highest BCUT2D eigenvalue weighted by molar-refractivity contribution is 14.0. The Kier molecular flexibility index (Phi) is 8.65. The normalized spacial score (nSPS) is 18.6. The minimum atomic E-state index is -4.14. The van der Waals surface area contributed by atoms with E-state index in [4.69, 9.17) is 0 Å². The number of aryl methyl sites for hydroxylation is 3. The highest BCUT2D eigenvalue weighted by atomic mass is 127. The SMILES string of the molecule is CN=C(NCc1c(C)cc(C)cc1C)NC1CCN(CC(F)(F)F)C1.I. The van der Waals surface area contributed by atoms with Gasteiger partial charge in [0.1, 0.15) is 0 Å². The second-order valence-electron chi connectivity index (χ2n) is 6.78. The van der Waals surface area contributed by atoms with Gasteiger partial charge in [0.15, 0.2) is 5.96 Å². The molecule has 26 heavy (non-hydrogen) atoms. The fourth-order valence-corrected chi connectivity index (χ4v) is 3.40. The molecular weight excluding hydrogens is 456 g/mol. The number of hydrogen-bond donors (Lipinski definition) is 2. The van der Waals surface area contributed by atoms with Crippen LogP contribution in [0.25, 0.3) is 0 Å². The van der Waals surface area contributed by atoms with Gasteiger partial charge in [-0.3, -0.25) is 9.89 Å². The van der Waals surface area contributed by atoms with Gasteiger partial charge in [0.25, 0.3) is 0 Å².